The van der Waals surface area contributed by atoms with E-state index in [0.29, 0.717) is 3.94 Å². The van der Waals surface area contributed by atoms with Gasteiger partial charge in [0.1, 0.15) is 3.94 Å². The lowest BCUT2D eigenvalue weighted by atomic mass is 9.99. The van der Waals surface area contributed by atoms with Crippen molar-refractivity contribution in [2.24, 2.45) is 0 Å². The Morgan fingerprint density at radius 3 is 1.59 bits per heavy atom. The Balaban J connectivity index is 2.60. The number of benzene rings is 2. The van der Waals surface area contributed by atoms with Crippen molar-refractivity contribution in [1.29, 1.82) is 0 Å². The van der Waals surface area contributed by atoms with Gasteiger partial charge in [-0.1, -0.05) is 78.0 Å². The van der Waals surface area contributed by atoms with Crippen LogP contribution >= 0.6 is 27.5 Å². The van der Waals surface area contributed by atoms with Crippen molar-refractivity contribution in [3.8, 4) is 0 Å². The lowest BCUT2D eigenvalue weighted by Crippen LogP contribution is -1.85. The summed E-state index contributed by atoms with van der Waals surface area (Å²) in [5.74, 6) is 0. The molecule has 0 unspecified atom stereocenters. The fourth-order valence-corrected chi connectivity index (χ4v) is 1.91. The number of hydrogen-bond donors (Lipinski definition) is 0. The van der Waals surface area contributed by atoms with Crippen molar-refractivity contribution < 1.29 is 0 Å². The molecule has 0 amide bonds. The normalized spacial score (nSPS) is 9.53. The van der Waals surface area contributed by atoms with E-state index < -0.39 is 0 Å². The van der Waals surface area contributed by atoms with Gasteiger partial charge in [-0.15, -0.1) is 0 Å². The fraction of sp³-hybridized carbons (Fsp3) is 0. The standard InChI is InChI=1S/C15H10BrCl/c16-15(17)11-14(12-7-3-1-4-8-12)13-9-5-2-6-10-13/h1-10H. The smallest absolute Gasteiger partial charge is 0.0839 e. The molecule has 84 valence electrons. The first-order valence-corrected chi connectivity index (χ1v) is 6.37. The molecule has 0 aliphatic heterocycles. The van der Waals surface area contributed by atoms with Crippen molar-refractivity contribution in [3.63, 3.8) is 0 Å². The summed E-state index contributed by atoms with van der Waals surface area (Å²) in [5.41, 5.74) is 6.30. The van der Waals surface area contributed by atoms with Crippen molar-refractivity contribution in [2.75, 3.05) is 0 Å². The Kier molecular flexibility index (Phi) is 4.22. The third-order valence-electron chi connectivity index (χ3n) is 2.34. The first-order chi connectivity index (χ1) is 8.27. The topological polar surface area (TPSA) is 0 Å². The van der Waals surface area contributed by atoms with E-state index in [1.54, 1.807) is 0 Å². The Hall–Kier alpha value is -1.27. The van der Waals surface area contributed by atoms with E-state index in [1.165, 1.54) is 0 Å². The summed E-state index contributed by atoms with van der Waals surface area (Å²) in [7, 11) is 0. The van der Waals surface area contributed by atoms with E-state index in [4.69, 9.17) is 11.6 Å². The van der Waals surface area contributed by atoms with Crippen molar-refractivity contribution >= 4 is 33.1 Å². The lowest BCUT2D eigenvalue weighted by Gasteiger charge is -2.05. The van der Waals surface area contributed by atoms with Crippen LogP contribution in [0.1, 0.15) is 11.1 Å². The van der Waals surface area contributed by atoms with Gasteiger partial charge in [-0.25, -0.2) is 0 Å². The van der Waals surface area contributed by atoms with Crippen LogP contribution < -0.4 is 0 Å². The lowest BCUT2D eigenvalue weighted by molar-refractivity contribution is 1.55. The van der Waals surface area contributed by atoms with Gasteiger partial charge in [-0.3, -0.25) is 0 Å². The molecular formula is C15H10BrCl. The quantitative estimate of drug-likeness (QED) is 0.670. The maximum Gasteiger partial charge on any atom is 0.126 e. The second kappa shape index (κ2) is 5.88. The third-order valence-corrected chi connectivity index (χ3v) is 2.64. The average Bonchev–Trinajstić information content (AvgIpc) is 2.38. The van der Waals surface area contributed by atoms with Gasteiger partial charge in [-0.2, -0.15) is 0 Å². The van der Waals surface area contributed by atoms with Crippen LogP contribution in [-0.2, 0) is 0 Å². The molecule has 2 rings (SSSR count). The van der Waals surface area contributed by atoms with Crippen LogP contribution in [0.4, 0.5) is 0 Å². The maximum absolute atomic E-state index is 5.87. The van der Waals surface area contributed by atoms with Crippen LogP contribution in [0.25, 0.3) is 5.57 Å². The fourth-order valence-electron chi connectivity index (χ4n) is 1.62. The van der Waals surface area contributed by atoms with Gasteiger partial charge in [0.05, 0.1) is 0 Å². The van der Waals surface area contributed by atoms with Gasteiger partial charge in [0.25, 0.3) is 0 Å². The SMILES string of the molecule is ClC(Br)=C=C(c1ccccc1)c1ccccc1. The van der Waals surface area contributed by atoms with Crippen molar-refractivity contribution in [1.82, 2.24) is 0 Å². The molecule has 2 aromatic rings. The zero-order valence-corrected chi connectivity index (χ0v) is 11.4. The minimum absolute atomic E-state index is 0.472. The van der Waals surface area contributed by atoms with Crippen LogP contribution in [0, 0.1) is 0 Å². The molecule has 2 heteroatoms. The van der Waals surface area contributed by atoms with Gasteiger partial charge >= 0.3 is 0 Å². The first kappa shape index (κ1) is 12.2. The highest BCUT2D eigenvalue weighted by molar-refractivity contribution is 9.12. The summed E-state index contributed by atoms with van der Waals surface area (Å²) in [6, 6.07) is 20.2. The van der Waals surface area contributed by atoms with Crippen LogP contribution in [0.5, 0.6) is 0 Å². The van der Waals surface area contributed by atoms with Crippen molar-refractivity contribution in [2.45, 2.75) is 0 Å². The van der Waals surface area contributed by atoms with Crippen molar-refractivity contribution in [3.05, 3.63) is 81.5 Å². The van der Waals surface area contributed by atoms with Gasteiger partial charge in [0.2, 0.25) is 0 Å². The van der Waals surface area contributed by atoms with E-state index in [0.717, 1.165) is 16.7 Å². The van der Waals surface area contributed by atoms with E-state index in [9.17, 15) is 0 Å². The largest absolute Gasteiger partial charge is 0.126 e. The summed E-state index contributed by atoms with van der Waals surface area (Å²) < 4.78 is 0.472. The zero-order chi connectivity index (χ0) is 12.1. The molecule has 0 aliphatic carbocycles. The molecule has 0 spiro atoms. The molecular weight excluding hydrogens is 296 g/mol. The molecule has 0 radical (unpaired) electrons. The van der Waals surface area contributed by atoms with Gasteiger partial charge in [0.15, 0.2) is 0 Å². The molecule has 0 heterocycles. The molecule has 2 aromatic carbocycles. The minimum atomic E-state index is 0.472. The molecule has 0 bridgehead atoms. The summed E-state index contributed by atoms with van der Waals surface area (Å²) in [5, 5.41) is 0. The number of halogens is 2. The second-order valence-corrected chi connectivity index (χ2v) is 5.12. The Morgan fingerprint density at radius 2 is 1.24 bits per heavy atom. The second-order valence-electron chi connectivity index (χ2n) is 3.49. The predicted octanol–water partition coefficient (Wildman–Crippen LogP) is 5.19. The Labute approximate surface area is 114 Å². The van der Waals surface area contributed by atoms with Crippen LogP contribution in [-0.4, -0.2) is 0 Å². The summed E-state index contributed by atoms with van der Waals surface area (Å²) in [6.45, 7) is 0. The predicted molar refractivity (Wildman–Crippen MR) is 77.2 cm³/mol. The highest BCUT2D eigenvalue weighted by atomic mass is 79.9. The zero-order valence-electron chi connectivity index (χ0n) is 9.03. The molecule has 17 heavy (non-hydrogen) atoms. The molecule has 0 saturated carbocycles. The Morgan fingerprint density at radius 1 is 0.824 bits per heavy atom. The highest BCUT2D eigenvalue weighted by Gasteiger charge is 2.03. The maximum atomic E-state index is 5.87. The molecule has 0 fully saturated rings. The van der Waals surface area contributed by atoms with Gasteiger partial charge in [0, 0.05) is 5.57 Å². The Bertz CT molecular complexity index is 506. The van der Waals surface area contributed by atoms with Crippen LogP contribution in [0.3, 0.4) is 0 Å². The average molecular weight is 306 g/mol. The summed E-state index contributed by atoms with van der Waals surface area (Å²) in [4.78, 5) is 0. The van der Waals surface area contributed by atoms with E-state index in [2.05, 4.69) is 21.7 Å². The molecule has 0 aromatic heterocycles. The third kappa shape index (κ3) is 3.34. The van der Waals surface area contributed by atoms with E-state index >= 15 is 0 Å². The summed E-state index contributed by atoms with van der Waals surface area (Å²) >= 11 is 9.09. The van der Waals surface area contributed by atoms with Crippen LogP contribution in [0.2, 0.25) is 0 Å². The minimum Gasteiger partial charge on any atom is -0.0839 e. The molecule has 0 atom stereocenters. The van der Waals surface area contributed by atoms with Gasteiger partial charge in [-0.05, 0) is 27.1 Å². The van der Waals surface area contributed by atoms with Gasteiger partial charge < -0.3 is 0 Å². The highest BCUT2D eigenvalue weighted by Crippen LogP contribution is 2.24. The number of rotatable bonds is 2. The van der Waals surface area contributed by atoms with E-state index in [-0.39, 0.29) is 0 Å². The summed E-state index contributed by atoms with van der Waals surface area (Å²) in [6.07, 6.45) is 0. The van der Waals surface area contributed by atoms with Crippen LogP contribution in [0.15, 0.2) is 70.3 Å². The molecule has 0 N–H and O–H groups in total. The van der Waals surface area contributed by atoms with E-state index in [1.807, 2.05) is 60.7 Å². The first-order valence-electron chi connectivity index (χ1n) is 5.20. The molecule has 0 nitrogen and oxygen atoms in total. The molecule has 0 saturated heterocycles. The molecule has 0 aliphatic rings. The number of hydrogen-bond acceptors (Lipinski definition) is 0. The monoisotopic (exact) mass is 304 g/mol.